The Morgan fingerprint density at radius 2 is 1.95 bits per heavy atom. The third-order valence-electron chi connectivity index (χ3n) is 2.61. The zero-order valence-corrected chi connectivity index (χ0v) is 13.3. The number of nitrogens with zero attached hydrogens (tertiary/aromatic N) is 1. The van der Waals surface area contributed by atoms with E-state index in [1.165, 1.54) is 0 Å². The fourth-order valence-electron chi connectivity index (χ4n) is 1.57. The van der Waals surface area contributed by atoms with E-state index in [0.29, 0.717) is 5.56 Å². The van der Waals surface area contributed by atoms with Gasteiger partial charge in [-0.15, -0.1) is 23.1 Å². The lowest BCUT2D eigenvalue weighted by atomic mass is 10.1. The fourth-order valence-corrected chi connectivity index (χ4v) is 3.23. The molecule has 0 aliphatic carbocycles. The van der Waals surface area contributed by atoms with E-state index in [9.17, 15) is 4.79 Å². The number of rotatable bonds is 4. The summed E-state index contributed by atoms with van der Waals surface area (Å²) in [6, 6.07) is 6.83. The van der Waals surface area contributed by atoms with Gasteiger partial charge in [-0.3, -0.25) is 0 Å². The highest BCUT2D eigenvalue weighted by Crippen LogP contribution is 2.30. The van der Waals surface area contributed by atoms with E-state index in [1.54, 1.807) is 35.6 Å². The molecule has 1 N–H and O–H groups in total. The molecule has 0 saturated heterocycles. The lowest BCUT2D eigenvalue weighted by Crippen LogP contribution is -2.07. The second kappa shape index (κ2) is 5.97. The van der Waals surface area contributed by atoms with Crippen LogP contribution in [0.15, 0.2) is 29.6 Å². The van der Waals surface area contributed by atoms with Crippen molar-refractivity contribution in [2.24, 2.45) is 0 Å². The van der Waals surface area contributed by atoms with E-state index in [1.807, 2.05) is 17.1 Å². The normalized spacial score (nSPS) is 11.6. The Balaban J connectivity index is 2.10. The van der Waals surface area contributed by atoms with Crippen LogP contribution in [0.1, 0.15) is 36.1 Å². The minimum absolute atomic E-state index is 0.231. The molecule has 0 aliphatic heterocycles. The van der Waals surface area contributed by atoms with E-state index in [-0.39, 0.29) is 4.75 Å². The lowest BCUT2D eigenvalue weighted by Gasteiger charge is -2.16. The zero-order valence-electron chi connectivity index (χ0n) is 11.7. The van der Waals surface area contributed by atoms with Crippen molar-refractivity contribution >= 4 is 29.1 Å². The summed E-state index contributed by atoms with van der Waals surface area (Å²) < 4.78 is 0.231. The quantitative estimate of drug-likeness (QED) is 0.901. The summed E-state index contributed by atoms with van der Waals surface area (Å²) in [5, 5.41) is 12.0. The largest absolute Gasteiger partial charge is 0.478 e. The fraction of sp³-hybridized carbons (Fsp3) is 0.333. The Morgan fingerprint density at radius 3 is 2.50 bits per heavy atom. The maximum atomic E-state index is 10.8. The van der Waals surface area contributed by atoms with Crippen LogP contribution >= 0.6 is 23.1 Å². The molecule has 1 aromatic heterocycles. The molecule has 3 nitrogen and oxygen atoms in total. The SMILES string of the molecule is CC(C)(C)SCc1nc(-c2ccc(C(=O)O)cc2)cs1. The van der Waals surface area contributed by atoms with Gasteiger partial charge in [0.2, 0.25) is 0 Å². The first-order chi connectivity index (χ1) is 9.35. The summed E-state index contributed by atoms with van der Waals surface area (Å²) in [6.07, 6.45) is 0. The number of carboxylic acids is 1. The predicted molar refractivity (Wildman–Crippen MR) is 85.6 cm³/mol. The maximum absolute atomic E-state index is 10.8. The number of benzene rings is 1. The van der Waals surface area contributed by atoms with Gasteiger partial charge in [0.25, 0.3) is 0 Å². The van der Waals surface area contributed by atoms with Crippen molar-refractivity contribution in [3.05, 3.63) is 40.2 Å². The number of carboxylic acid groups (broad SMARTS) is 1. The highest BCUT2D eigenvalue weighted by atomic mass is 32.2. The van der Waals surface area contributed by atoms with Crippen molar-refractivity contribution in [1.82, 2.24) is 4.98 Å². The molecule has 20 heavy (non-hydrogen) atoms. The number of carbonyl (C=O) groups is 1. The van der Waals surface area contributed by atoms with Crippen LogP contribution in [0.2, 0.25) is 0 Å². The average Bonchev–Trinajstić information content (AvgIpc) is 2.84. The molecule has 1 aromatic carbocycles. The minimum atomic E-state index is -0.905. The molecule has 0 fully saturated rings. The van der Waals surface area contributed by atoms with Crippen molar-refractivity contribution in [3.8, 4) is 11.3 Å². The van der Waals surface area contributed by atoms with E-state index < -0.39 is 5.97 Å². The molecule has 0 aliphatic rings. The van der Waals surface area contributed by atoms with Crippen molar-refractivity contribution in [1.29, 1.82) is 0 Å². The average molecular weight is 307 g/mol. The van der Waals surface area contributed by atoms with E-state index >= 15 is 0 Å². The Kier molecular flexibility index (Phi) is 4.50. The van der Waals surface area contributed by atoms with Crippen LogP contribution in [0.25, 0.3) is 11.3 Å². The Bertz CT molecular complexity index is 597. The van der Waals surface area contributed by atoms with Crippen LogP contribution in [0.4, 0.5) is 0 Å². The van der Waals surface area contributed by atoms with Gasteiger partial charge in [0.15, 0.2) is 0 Å². The molecule has 2 rings (SSSR count). The van der Waals surface area contributed by atoms with Gasteiger partial charge in [-0.2, -0.15) is 0 Å². The van der Waals surface area contributed by atoms with E-state index in [4.69, 9.17) is 5.11 Å². The number of hydrogen-bond acceptors (Lipinski definition) is 4. The second-order valence-electron chi connectivity index (χ2n) is 5.41. The molecule has 0 saturated carbocycles. The van der Waals surface area contributed by atoms with E-state index in [2.05, 4.69) is 25.8 Å². The van der Waals surface area contributed by atoms with Crippen LogP contribution < -0.4 is 0 Å². The number of thioether (sulfide) groups is 1. The van der Waals surface area contributed by atoms with Gasteiger partial charge >= 0.3 is 5.97 Å². The topological polar surface area (TPSA) is 50.2 Å². The first kappa shape index (κ1) is 15.1. The third-order valence-corrected chi connectivity index (χ3v) is 4.92. The number of aromatic carboxylic acids is 1. The molecule has 0 spiro atoms. The van der Waals surface area contributed by atoms with Crippen molar-refractivity contribution < 1.29 is 9.90 Å². The molecule has 0 bridgehead atoms. The number of hydrogen-bond donors (Lipinski definition) is 1. The van der Waals surface area contributed by atoms with E-state index in [0.717, 1.165) is 22.0 Å². The van der Waals surface area contributed by atoms with Crippen LogP contribution in [0.5, 0.6) is 0 Å². The smallest absolute Gasteiger partial charge is 0.335 e. The van der Waals surface area contributed by atoms with Crippen molar-refractivity contribution in [2.45, 2.75) is 31.3 Å². The molecule has 1 heterocycles. The first-order valence-corrected chi connectivity index (χ1v) is 8.14. The minimum Gasteiger partial charge on any atom is -0.478 e. The third kappa shape index (κ3) is 4.08. The predicted octanol–water partition coefficient (Wildman–Crippen LogP) is 4.54. The van der Waals surface area contributed by atoms with Crippen LogP contribution in [0, 0.1) is 0 Å². The van der Waals surface area contributed by atoms with Gasteiger partial charge < -0.3 is 5.11 Å². The van der Waals surface area contributed by atoms with Gasteiger partial charge in [-0.1, -0.05) is 32.9 Å². The van der Waals surface area contributed by atoms with Crippen LogP contribution in [-0.4, -0.2) is 20.8 Å². The summed E-state index contributed by atoms with van der Waals surface area (Å²) in [6.45, 7) is 6.57. The van der Waals surface area contributed by atoms with Crippen LogP contribution in [0.3, 0.4) is 0 Å². The summed E-state index contributed by atoms with van der Waals surface area (Å²) in [5.74, 6) is -0.00133. The van der Waals surface area contributed by atoms with Gasteiger partial charge in [-0.05, 0) is 12.1 Å². The summed E-state index contributed by atoms with van der Waals surface area (Å²) in [5.41, 5.74) is 2.17. The molecule has 0 radical (unpaired) electrons. The molecule has 2 aromatic rings. The zero-order chi connectivity index (χ0) is 14.8. The Labute approximate surface area is 127 Å². The highest BCUT2D eigenvalue weighted by molar-refractivity contribution is 7.99. The standard InChI is InChI=1S/C15H17NO2S2/c1-15(2,3)20-9-13-16-12(8-19-13)10-4-6-11(7-5-10)14(17)18/h4-8H,9H2,1-3H3,(H,17,18). The Morgan fingerprint density at radius 1 is 1.30 bits per heavy atom. The summed E-state index contributed by atoms with van der Waals surface area (Å²) in [7, 11) is 0. The summed E-state index contributed by atoms with van der Waals surface area (Å²) in [4.78, 5) is 15.4. The van der Waals surface area contributed by atoms with Gasteiger partial charge in [0.05, 0.1) is 11.3 Å². The maximum Gasteiger partial charge on any atom is 0.335 e. The molecule has 5 heteroatoms. The van der Waals surface area contributed by atoms with Gasteiger partial charge in [0, 0.05) is 21.4 Å². The Hall–Kier alpha value is -1.33. The van der Waals surface area contributed by atoms with Crippen molar-refractivity contribution in [2.75, 3.05) is 0 Å². The molecule has 106 valence electrons. The van der Waals surface area contributed by atoms with Crippen molar-refractivity contribution in [3.63, 3.8) is 0 Å². The first-order valence-electron chi connectivity index (χ1n) is 6.27. The van der Waals surface area contributed by atoms with Crippen LogP contribution in [-0.2, 0) is 5.75 Å². The monoisotopic (exact) mass is 307 g/mol. The van der Waals surface area contributed by atoms with Gasteiger partial charge in [0.1, 0.15) is 5.01 Å². The number of aromatic nitrogens is 1. The highest BCUT2D eigenvalue weighted by Gasteiger charge is 2.13. The summed E-state index contributed by atoms with van der Waals surface area (Å²) >= 11 is 3.52. The lowest BCUT2D eigenvalue weighted by molar-refractivity contribution is 0.0697. The second-order valence-corrected chi connectivity index (χ2v) is 8.15. The molecule has 0 atom stereocenters. The molecule has 0 amide bonds. The molecule has 0 unspecified atom stereocenters. The van der Waals surface area contributed by atoms with Gasteiger partial charge in [-0.25, -0.2) is 9.78 Å². The number of thiazole rings is 1. The molecular formula is C15H17NO2S2. The molecular weight excluding hydrogens is 290 g/mol.